The molecule has 4 rings (SSSR count). The second-order valence-electron chi connectivity index (χ2n) is 11.7. The summed E-state index contributed by atoms with van der Waals surface area (Å²) in [5, 5.41) is 0. The predicted octanol–water partition coefficient (Wildman–Crippen LogP) is 12.6. The van der Waals surface area contributed by atoms with Crippen molar-refractivity contribution in [3.63, 3.8) is 0 Å². The van der Waals surface area contributed by atoms with Gasteiger partial charge in [0, 0.05) is 28.6 Å². The second-order valence-corrected chi connectivity index (χ2v) is 15.8. The van der Waals surface area contributed by atoms with Crippen LogP contribution in [0.3, 0.4) is 0 Å². The summed E-state index contributed by atoms with van der Waals surface area (Å²) in [5.74, 6) is 3.36. The normalized spacial score (nSPS) is 13.1. The molecule has 0 aliphatic rings. The van der Waals surface area contributed by atoms with Crippen LogP contribution >= 0.6 is 45.3 Å². The lowest BCUT2D eigenvalue weighted by atomic mass is 9.95. The SMILES string of the molecule is CC(C)c1sc2c(C(C)C)c(-c3sc4c(C(C)C)c(C(C)C)sc4c3C(C)C)sc2c1C(C)C. The van der Waals surface area contributed by atoms with E-state index in [1.165, 1.54) is 0 Å². The van der Waals surface area contributed by atoms with E-state index < -0.39 is 0 Å². The molecule has 4 heteroatoms. The summed E-state index contributed by atoms with van der Waals surface area (Å²) in [6, 6.07) is 0. The van der Waals surface area contributed by atoms with Crippen LogP contribution in [0.4, 0.5) is 0 Å². The molecule has 0 aromatic carbocycles. The summed E-state index contributed by atoms with van der Waals surface area (Å²) in [4.78, 5) is 6.33. The lowest BCUT2D eigenvalue weighted by Gasteiger charge is -2.13. The van der Waals surface area contributed by atoms with Crippen molar-refractivity contribution < 1.29 is 0 Å². The summed E-state index contributed by atoms with van der Waals surface area (Å²) in [5.41, 5.74) is 6.43. The molecule has 4 aromatic rings. The minimum Gasteiger partial charge on any atom is -0.138 e. The molecule has 0 aliphatic carbocycles. The average molecular weight is 531 g/mol. The highest BCUT2D eigenvalue weighted by Crippen LogP contribution is 2.57. The van der Waals surface area contributed by atoms with E-state index >= 15 is 0 Å². The van der Waals surface area contributed by atoms with Crippen molar-refractivity contribution in [3.05, 3.63) is 32.0 Å². The van der Waals surface area contributed by atoms with E-state index in [0.717, 1.165) is 0 Å². The average Bonchev–Trinajstić information content (AvgIpc) is 3.41. The molecule has 186 valence electrons. The molecular formula is C30H42S4. The Bertz CT molecular complexity index is 1210. The fraction of sp³-hybridized carbons (Fsp3) is 0.600. The summed E-state index contributed by atoms with van der Waals surface area (Å²) >= 11 is 8.37. The van der Waals surface area contributed by atoms with Crippen molar-refractivity contribution in [1.82, 2.24) is 0 Å². The third-order valence-corrected chi connectivity index (χ3v) is 12.8. The van der Waals surface area contributed by atoms with Crippen molar-refractivity contribution in [3.8, 4) is 9.75 Å². The number of thiophene rings is 4. The molecule has 0 saturated carbocycles. The highest BCUT2D eigenvalue weighted by Gasteiger charge is 2.30. The Morgan fingerprint density at radius 3 is 0.824 bits per heavy atom. The maximum atomic E-state index is 2.40. The zero-order valence-electron chi connectivity index (χ0n) is 23.1. The molecule has 0 atom stereocenters. The zero-order valence-corrected chi connectivity index (χ0v) is 26.4. The van der Waals surface area contributed by atoms with E-state index in [1.807, 2.05) is 0 Å². The molecule has 0 bridgehead atoms. The van der Waals surface area contributed by atoms with Gasteiger partial charge in [-0.3, -0.25) is 0 Å². The fourth-order valence-electron chi connectivity index (χ4n) is 5.31. The van der Waals surface area contributed by atoms with Crippen LogP contribution in [0.15, 0.2) is 0 Å². The Kier molecular flexibility index (Phi) is 7.49. The quantitative estimate of drug-likeness (QED) is 0.223. The van der Waals surface area contributed by atoms with Gasteiger partial charge in [-0.25, -0.2) is 0 Å². The van der Waals surface area contributed by atoms with Crippen molar-refractivity contribution in [1.29, 1.82) is 0 Å². The molecule has 4 aromatic heterocycles. The highest BCUT2D eigenvalue weighted by atomic mass is 32.1. The molecule has 0 amide bonds. The Labute approximate surface area is 223 Å². The first-order valence-electron chi connectivity index (χ1n) is 13.0. The van der Waals surface area contributed by atoms with Crippen LogP contribution in [0, 0.1) is 0 Å². The van der Waals surface area contributed by atoms with Gasteiger partial charge in [-0.15, -0.1) is 45.3 Å². The summed E-state index contributed by atoms with van der Waals surface area (Å²) < 4.78 is 6.28. The van der Waals surface area contributed by atoms with Gasteiger partial charge >= 0.3 is 0 Å². The minimum atomic E-state index is 0.526. The van der Waals surface area contributed by atoms with Gasteiger partial charge in [0.1, 0.15) is 0 Å². The summed E-state index contributed by atoms with van der Waals surface area (Å²) in [7, 11) is 0. The van der Waals surface area contributed by atoms with E-state index in [9.17, 15) is 0 Å². The second kappa shape index (κ2) is 9.65. The monoisotopic (exact) mass is 530 g/mol. The molecule has 0 spiro atoms. The fourth-order valence-corrected chi connectivity index (χ4v) is 12.4. The molecule has 34 heavy (non-hydrogen) atoms. The molecular weight excluding hydrogens is 489 g/mol. The molecule has 0 aliphatic heterocycles. The zero-order chi connectivity index (χ0) is 25.2. The van der Waals surface area contributed by atoms with E-state index in [4.69, 9.17) is 0 Å². The van der Waals surface area contributed by atoms with E-state index in [0.29, 0.717) is 35.5 Å². The first-order valence-corrected chi connectivity index (χ1v) is 16.3. The molecule has 0 radical (unpaired) electrons. The van der Waals surface area contributed by atoms with Crippen LogP contribution in [0.25, 0.3) is 28.6 Å². The third-order valence-electron chi connectivity index (χ3n) is 6.81. The van der Waals surface area contributed by atoms with Crippen LogP contribution < -0.4 is 0 Å². The first-order chi connectivity index (χ1) is 15.9. The predicted molar refractivity (Wildman–Crippen MR) is 163 cm³/mol. The van der Waals surface area contributed by atoms with Crippen LogP contribution in [0.5, 0.6) is 0 Å². The largest absolute Gasteiger partial charge is 0.138 e. The van der Waals surface area contributed by atoms with Gasteiger partial charge in [-0.1, -0.05) is 83.1 Å². The standard InChI is InChI=1S/C30H42S4/c1-13(2)19-23(17(9)10)31-27-21(15(5)6)29(33-25(19)27)30-22(16(7)8)28-26(34-30)20(14(3)4)24(32-28)18(11)12/h13-18H,1-12H3. The van der Waals surface area contributed by atoms with E-state index in [-0.39, 0.29) is 0 Å². The number of rotatable bonds is 7. The number of hydrogen-bond acceptors (Lipinski definition) is 4. The van der Waals surface area contributed by atoms with Gasteiger partial charge in [0.25, 0.3) is 0 Å². The topological polar surface area (TPSA) is 0 Å². The Morgan fingerprint density at radius 2 is 0.588 bits per heavy atom. The Hall–Kier alpha value is -0.680. The van der Waals surface area contributed by atoms with Gasteiger partial charge < -0.3 is 0 Å². The minimum absolute atomic E-state index is 0.526. The smallest absolute Gasteiger partial charge is 0.0501 e. The maximum absolute atomic E-state index is 2.40. The lowest BCUT2D eigenvalue weighted by Crippen LogP contribution is -1.93. The van der Waals surface area contributed by atoms with Crippen molar-refractivity contribution in [2.45, 2.75) is 119 Å². The van der Waals surface area contributed by atoms with Crippen LogP contribution in [0.2, 0.25) is 0 Å². The molecule has 0 nitrogen and oxygen atoms in total. The van der Waals surface area contributed by atoms with Crippen molar-refractivity contribution >= 4 is 64.1 Å². The molecule has 0 saturated heterocycles. The van der Waals surface area contributed by atoms with Crippen molar-refractivity contribution in [2.75, 3.05) is 0 Å². The van der Waals surface area contributed by atoms with Gasteiger partial charge in [0.15, 0.2) is 0 Å². The van der Waals surface area contributed by atoms with Gasteiger partial charge in [-0.05, 0) is 57.8 Å². The first kappa shape index (κ1) is 26.4. The van der Waals surface area contributed by atoms with Crippen LogP contribution in [-0.2, 0) is 0 Å². The summed E-state index contributed by atoms with van der Waals surface area (Å²) in [6.07, 6.45) is 0. The lowest BCUT2D eigenvalue weighted by molar-refractivity contribution is 0.816. The molecule has 0 fully saturated rings. The van der Waals surface area contributed by atoms with Crippen LogP contribution in [-0.4, -0.2) is 0 Å². The maximum Gasteiger partial charge on any atom is 0.0501 e. The Balaban J connectivity index is 2.10. The van der Waals surface area contributed by atoms with Crippen LogP contribution in [0.1, 0.15) is 151 Å². The molecule has 0 unspecified atom stereocenters. The van der Waals surface area contributed by atoms with Gasteiger partial charge in [0.05, 0.1) is 9.75 Å². The van der Waals surface area contributed by atoms with E-state index in [1.54, 1.807) is 60.6 Å². The van der Waals surface area contributed by atoms with E-state index in [2.05, 4.69) is 128 Å². The number of fused-ring (bicyclic) bond motifs is 2. The summed E-state index contributed by atoms with van der Waals surface area (Å²) in [6.45, 7) is 28.6. The Morgan fingerprint density at radius 1 is 0.324 bits per heavy atom. The van der Waals surface area contributed by atoms with Gasteiger partial charge in [0.2, 0.25) is 0 Å². The molecule has 4 heterocycles. The van der Waals surface area contributed by atoms with Gasteiger partial charge in [-0.2, -0.15) is 0 Å². The third kappa shape index (κ3) is 4.15. The van der Waals surface area contributed by atoms with Crippen molar-refractivity contribution in [2.24, 2.45) is 0 Å². The number of hydrogen-bond donors (Lipinski definition) is 0. The highest BCUT2D eigenvalue weighted by molar-refractivity contribution is 7.34. The molecule has 0 N–H and O–H groups in total.